The van der Waals surface area contributed by atoms with E-state index in [9.17, 15) is 4.79 Å². The number of benzene rings is 3. The third kappa shape index (κ3) is 6.09. The monoisotopic (exact) mass is 566 g/mol. The minimum atomic E-state index is -0.556. The van der Waals surface area contributed by atoms with Crippen LogP contribution in [0.4, 0.5) is 13.2 Å². The number of methoxy groups -OCH3 is 2. The summed E-state index contributed by atoms with van der Waals surface area (Å²) < 4.78 is 62.4. The second-order valence-corrected chi connectivity index (χ2v) is 12.0. The Kier molecular flexibility index (Phi) is 8.35. The van der Waals surface area contributed by atoms with Gasteiger partial charge in [-0.3, -0.25) is 4.79 Å². The summed E-state index contributed by atoms with van der Waals surface area (Å²) in [6.45, 7) is 4.17. The number of carbonyl (C=O) groups is 1. The van der Waals surface area contributed by atoms with E-state index in [1.54, 1.807) is 24.3 Å². The fourth-order valence-corrected chi connectivity index (χ4v) is 6.38. The summed E-state index contributed by atoms with van der Waals surface area (Å²) in [6, 6.07) is 12.5. The maximum atomic E-state index is 15.7. The number of esters is 1. The Morgan fingerprint density at radius 2 is 1.76 bits per heavy atom. The van der Waals surface area contributed by atoms with Gasteiger partial charge in [0.25, 0.3) is 0 Å². The molecular formula is C34H37F3O4. The molecule has 2 aliphatic rings. The molecule has 0 radical (unpaired) electrons. The lowest BCUT2D eigenvalue weighted by atomic mass is 9.75. The largest absolute Gasteiger partial charge is 0.497 e. The van der Waals surface area contributed by atoms with Crippen LogP contribution in [0.15, 0.2) is 48.5 Å². The highest BCUT2D eigenvalue weighted by Gasteiger charge is 2.38. The standard InChI is InChI=1S/C34H37F3O4/c1-34(2)14-6-8-28(34)26-15-21(30(36)17-25(26)27-16-22(39-3)12-13-29(27)35)19-41-31-9-5-7-23(33(31)37)24(20-10-11-20)18-32(38)40-4/h5,7,9,12-13,15-17,20,24,28H,6,8,10-11,14,18-19H2,1-4H3/t24-,28+/m0/s1. The fraction of sp³-hybridized carbons (Fsp3) is 0.441. The van der Waals surface area contributed by atoms with Crippen LogP contribution in [0.3, 0.4) is 0 Å². The van der Waals surface area contributed by atoms with Crippen molar-refractivity contribution in [2.24, 2.45) is 11.3 Å². The Labute approximate surface area is 239 Å². The van der Waals surface area contributed by atoms with E-state index in [0.29, 0.717) is 16.9 Å². The van der Waals surface area contributed by atoms with Crippen LogP contribution in [0.1, 0.15) is 80.9 Å². The zero-order valence-corrected chi connectivity index (χ0v) is 24.1. The Balaban J connectivity index is 1.49. The van der Waals surface area contributed by atoms with E-state index in [-0.39, 0.29) is 59.0 Å². The van der Waals surface area contributed by atoms with Crippen LogP contribution in [0.25, 0.3) is 11.1 Å². The Bertz CT molecular complexity index is 1430. The molecular weight excluding hydrogens is 529 g/mol. The van der Waals surface area contributed by atoms with Crippen molar-refractivity contribution in [2.75, 3.05) is 14.2 Å². The van der Waals surface area contributed by atoms with Crippen molar-refractivity contribution in [2.45, 2.75) is 70.8 Å². The first-order valence-corrected chi connectivity index (χ1v) is 14.3. The molecule has 0 aromatic heterocycles. The molecule has 3 aromatic carbocycles. The van der Waals surface area contributed by atoms with E-state index in [1.165, 1.54) is 38.5 Å². The average molecular weight is 567 g/mol. The molecule has 4 nitrogen and oxygen atoms in total. The quantitative estimate of drug-likeness (QED) is 0.230. The van der Waals surface area contributed by atoms with Crippen LogP contribution in [0, 0.1) is 28.8 Å². The molecule has 2 atom stereocenters. The zero-order valence-electron chi connectivity index (χ0n) is 24.1. The van der Waals surface area contributed by atoms with Crippen molar-refractivity contribution < 1.29 is 32.2 Å². The van der Waals surface area contributed by atoms with Crippen LogP contribution in [-0.2, 0) is 16.1 Å². The molecule has 0 spiro atoms. The van der Waals surface area contributed by atoms with Gasteiger partial charge in [-0.25, -0.2) is 13.2 Å². The van der Waals surface area contributed by atoms with Crippen molar-refractivity contribution in [1.82, 2.24) is 0 Å². The Hall–Kier alpha value is -3.48. The van der Waals surface area contributed by atoms with E-state index < -0.39 is 17.5 Å². The van der Waals surface area contributed by atoms with Gasteiger partial charge in [-0.05, 0) is 96.0 Å². The first-order chi connectivity index (χ1) is 19.6. The third-order valence-corrected chi connectivity index (χ3v) is 8.90. The van der Waals surface area contributed by atoms with Gasteiger partial charge >= 0.3 is 5.97 Å². The topological polar surface area (TPSA) is 44.8 Å². The van der Waals surface area contributed by atoms with Gasteiger partial charge in [0.2, 0.25) is 0 Å². The predicted molar refractivity (Wildman–Crippen MR) is 152 cm³/mol. The van der Waals surface area contributed by atoms with Crippen molar-refractivity contribution >= 4 is 5.97 Å². The predicted octanol–water partition coefficient (Wildman–Crippen LogP) is 8.71. The Morgan fingerprint density at radius 1 is 0.976 bits per heavy atom. The molecule has 5 rings (SSSR count). The van der Waals surface area contributed by atoms with Gasteiger partial charge in [0.15, 0.2) is 11.6 Å². The van der Waals surface area contributed by atoms with Gasteiger partial charge in [0.05, 0.1) is 20.6 Å². The number of hydrogen-bond donors (Lipinski definition) is 0. The summed E-state index contributed by atoms with van der Waals surface area (Å²) in [7, 11) is 2.83. The molecule has 0 amide bonds. The molecule has 2 saturated carbocycles. The van der Waals surface area contributed by atoms with Crippen molar-refractivity contribution in [3.05, 3.63) is 82.7 Å². The van der Waals surface area contributed by atoms with Gasteiger partial charge in [-0.2, -0.15) is 0 Å². The molecule has 0 unspecified atom stereocenters. The number of ether oxygens (including phenoxy) is 3. The normalized spacial score (nSPS) is 18.7. The average Bonchev–Trinajstić information content (AvgIpc) is 3.74. The summed E-state index contributed by atoms with van der Waals surface area (Å²) in [5, 5.41) is 0. The molecule has 41 heavy (non-hydrogen) atoms. The molecule has 2 aliphatic carbocycles. The van der Waals surface area contributed by atoms with Gasteiger partial charge in [0.1, 0.15) is 24.0 Å². The van der Waals surface area contributed by atoms with Crippen molar-refractivity contribution in [1.29, 1.82) is 0 Å². The second kappa shape index (κ2) is 11.8. The first kappa shape index (κ1) is 29.0. The molecule has 218 valence electrons. The number of halogens is 3. The van der Waals surface area contributed by atoms with Crippen molar-refractivity contribution in [3.8, 4) is 22.6 Å². The number of rotatable bonds is 10. The molecule has 0 saturated heterocycles. The molecule has 7 heteroatoms. The molecule has 0 N–H and O–H groups in total. The van der Waals surface area contributed by atoms with E-state index in [4.69, 9.17) is 14.2 Å². The summed E-state index contributed by atoms with van der Waals surface area (Å²) >= 11 is 0. The Morgan fingerprint density at radius 3 is 2.41 bits per heavy atom. The third-order valence-electron chi connectivity index (χ3n) is 8.90. The maximum absolute atomic E-state index is 15.7. The highest BCUT2D eigenvalue weighted by atomic mass is 19.1. The van der Waals surface area contributed by atoms with Gasteiger partial charge < -0.3 is 14.2 Å². The van der Waals surface area contributed by atoms with Crippen LogP contribution in [-0.4, -0.2) is 20.2 Å². The lowest BCUT2D eigenvalue weighted by Gasteiger charge is -2.30. The molecule has 3 aromatic rings. The molecule has 0 aliphatic heterocycles. The van der Waals surface area contributed by atoms with Gasteiger partial charge in [0, 0.05) is 17.0 Å². The number of carbonyl (C=O) groups excluding carboxylic acids is 1. The van der Waals surface area contributed by atoms with Crippen LogP contribution in [0.2, 0.25) is 0 Å². The minimum absolute atomic E-state index is 0.00285. The van der Waals surface area contributed by atoms with Crippen LogP contribution >= 0.6 is 0 Å². The van der Waals surface area contributed by atoms with E-state index in [0.717, 1.165) is 37.7 Å². The van der Waals surface area contributed by atoms with E-state index >= 15 is 13.2 Å². The fourth-order valence-electron chi connectivity index (χ4n) is 6.38. The zero-order chi connectivity index (χ0) is 29.3. The molecule has 0 bridgehead atoms. The van der Waals surface area contributed by atoms with E-state index in [1.807, 2.05) is 0 Å². The van der Waals surface area contributed by atoms with Crippen LogP contribution in [0.5, 0.6) is 11.5 Å². The minimum Gasteiger partial charge on any atom is -0.497 e. The van der Waals surface area contributed by atoms with Gasteiger partial charge in [-0.15, -0.1) is 0 Å². The summed E-state index contributed by atoms with van der Waals surface area (Å²) in [6.07, 6.45) is 4.88. The summed E-state index contributed by atoms with van der Waals surface area (Å²) in [5.41, 5.74) is 2.24. The van der Waals surface area contributed by atoms with Crippen molar-refractivity contribution in [3.63, 3.8) is 0 Å². The van der Waals surface area contributed by atoms with E-state index in [2.05, 4.69) is 13.8 Å². The highest BCUT2D eigenvalue weighted by molar-refractivity contribution is 5.71. The maximum Gasteiger partial charge on any atom is 0.306 e. The smallest absolute Gasteiger partial charge is 0.306 e. The molecule has 2 fully saturated rings. The SMILES string of the molecule is COC(=O)C[C@H](c1cccc(OCc2cc([C@H]3CCCC3(C)C)c(-c3cc(OC)ccc3F)cc2F)c1F)C1CC1. The first-order valence-electron chi connectivity index (χ1n) is 14.3. The highest BCUT2D eigenvalue weighted by Crippen LogP contribution is 2.52. The summed E-state index contributed by atoms with van der Waals surface area (Å²) in [5.74, 6) is -1.44. The van der Waals surface area contributed by atoms with Crippen LogP contribution < -0.4 is 9.47 Å². The summed E-state index contributed by atoms with van der Waals surface area (Å²) in [4.78, 5) is 12.0. The number of hydrogen-bond acceptors (Lipinski definition) is 4. The lowest BCUT2D eigenvalue weighted by Crippen LogP contribution is -2.17. The van der Waals surface area contributed by atoms with Gasteiger partial charge in [-0.1, -0.05) is 32.4 Å². The second-order valence-electron chi connectivity index (χ2n) is 12.0. The lowest BCUT2D eigenvalue weighted by molar-refractivity contribution is -0.141. The molecule has 0 heterocycles.